The van der Waals surface area contributed by atoms with Crippen LogP contribution in [0.25, 0.3) is 6.08 Å². The highest BCUT2D eigenvalue weighted by molar-refractivity contribution is 5.94. The maximum absolute atomic E-state index is 12.0. The Morgan fingerprint density at radius 2 is 1.80 bits per heavy atom. The van der Waals surface area contributed by atoms with Gasteiger partial charge in [-0.15, -0.1) is 0 Å². The minimum Gasteiger partial charge on any atom is -0.497 e. The topological polar surface area (TPSA) is 87.9 Å². The van der Waals surface area contributed by atoms with Gasteiger partial charge in [0.15, 0.2) is 5.75 Å². The molecule has 0 unspecified atom stereocenters. The van der Waals surface area contributed by atoms with E-state index >= 15 is 0 Å². The molecule has 0 spiro atoms. The number of hydrogen-bond donors (Lipinski definition) is 0. The Morgan fingerprint density at radius 1 is 1.12 bits per heavy atom. The molecule has 7 nitrogen and oxygen atoms in total. The number of carbonyl (C=O) groups is 1. The van der Waals surface area contributed by atoms with E-state index in [2.05, 4.69) is 0 Å². The van der Waals surface area contributed by atoms with Crippen LogP contribution >= 0.6 is 0 Å². The summed E-state index contributed by atoms with van der Waals surface area (Å²) in [6.07, 6.45) is 1.60. The number of methoxy groups -OCH3 is 2. The van der Waals surface area contributed by atoms with Gasteiger partial charge >= 0.3 is 11.7 Å². The zero-order valence-electron chi connectivity index (χ0n) is 13.8. The van der Waals surface area contributed by atoms with Gasteiger partial charge in [0, 0.05) is 6.07 Å². The zero-order valence-corrected chi connectivity index (χ0v) is 13.8. The Kier molecular flexibility index (Phi) is 6.11. The smallest absolute Gasteiger partial charge is 0.337 e. The van der Waals surface area contributed by atoms with Crippen molar-refractivity contribution in [3.05, 3.63) is 69.8 Å². The Hall–Kier alpha value is -3.35. The van der Waals surface area contributed by atoms with Crippen LogP contribution in [0.3, 0.4) is 0 Å². The second-order valence-corrected chi connectivity index (χ2v) is 4.95. The van der Waals surface area contributed by atoms with E-state index in [-0.39, 0.29) is 23.6 Å². The van der Waals surface area contributed by atoms with Crippen molar-refractivity contribution in [3.63, 3.8) is 0 Å². The molecule has 0 aliphatic heterocycles. The van der Waals surface area contributed by atoms with Crippen LogP contribution < -0.4 is 9.47 Å². The highest BCUT2D eigenvalue weighted by Gasteiger charge is 2.16. The van der Waals surface area contributed by atoms with Crippen molar-refractivity contribution in [1.82, 2.24) is 0 Å². The molecule has 0 amide bonds. The predicted octanol–water partition coefficient (Wildman–Crippen LogP) is 3.24. The van der Waals surface area contributed by atoms with Crippen LogP contribution in [0.4, 0.5) is 5.69 Å². The summed E-state index contributed by atoms with van der Waals surface area (Å²) in [7, 11) is 2.82. The molecule has 0 fully saturated rings. The third-order valence-electron chi connectivity index (χ3n) is 3.35. The molecular weight excluding hydrogens is 326 g/mol. The Balaban J connectivity index is 2.22. The lowest BCUT2D eigenvalue weighted by Crippen LogP contribution is -2.13. The molecule has 2 rings (SSSR count). The van der Waals surface area contributed by atoms with Crippen molar-refractivity contribution in [2.24, 2.45) is 0 Å². The lowest BCUT2D eigenvalue weighted by atomic mass is 10.1. The molecule has 0 atom stereocenters. The number of esters is 1. The fraction of sp³-hybridized carbons (Fsp3) is 0.167. The number of nitrogens with zero attached hydrogens (tertiary/aromatic N) is 1. The number of ether oxygens (including phenoxy) is 3. The molecule has 2 aromatic carbocycles. The summed E-state index contributed by atoms with van der Waals surface area (Å²) >= 11 is 0. The molecule has 0 radical (unpaired) electrons. The molecule has 2 aromatic rings. The normalized spacial score (nSPS) is 10.9. The van der Waals surface area contributed by atoms with Crippen molar-refractivity contribution in [2.75, 3.05) is 20.8 Å². The number of rotatable bonds is 7. The Bertz CT molecular complexity index is 782. The van der Waals surface area contributed by atoms with Crippen molar-refractivity contribution in [2.45, 2.75) is 0 Å². The SMILES string of the molecule is COC(=O)/C(=C/c1ccc(OC)cc1)COc1ccccc1[N+](=O)[O-]. The van der Waals surface area contributed by atoms with E-state index in [1.165, 1.54) is 19.2 Å². The van der Waals surface area contributed by atoms with E-state index in [1.807, 2.05) is 0 Å². The molecule has 0 saturated heterocycles. The second kappa shape index (κ2) is 8.49. The van der Waals surface area contributed by atoms with Crippen LogP contribution in [0.2, 0.25) is 0 Å². The van der Waals surface area contributed by atoms with E-state index in [1.54, 1.807) is 49.6 Å². The first-order chi connectivity index (χ1) is 12.0. The molecule has 25 heavy (non-hydrogen) atoms. The molecule has 0 aromatic heterocycles. The molecule has 0 aliphatic carbocycles. The maximum atomic E-state index is 12.0. The first-order valence-electron chi connectivity index (χ1n) is 7.34. The van der Waals surface area contributed by atoms with Crippen LogP contribution in [0, 0.1) is 10.1 Å². The number of nitro benzene ring substituents is 1. The average molecular weight is 343 g/mol. The molecule has 0 saturated carbocycles. The number of benzene rings is 2. The fourth-order valence-electron chi connectivity index (χ4n) is 2.08. The first-order valence-corrected chi connectivity index (χ1v) is 7.34. The second-order valence-electron chi connectivity index (χ2n) is 4.95. The van der Waals surface area contributed by atoms with Crippen molar-refractivity contribution >= 4 is 17.7 Å². The van der Waals surface area contributed by atoms with Crippen molar-refractivity contribution in [3.8, 4) is 11.5 Å². The third kappa shape index (κ3) is 4.81. The third-order valence-corrected chi connectivity index (χ3v) is 3.35. The minimum absolute atomic E-state index is 0.0806. The predicted molar refractivity (Wildman–Crippen MR) is 91.6 cm³/mol. The molecule has 0 heterocycles. The van der Waals surface area contributed by atoms with E-state index in [0.717, 1.165) is 5.56 Å². The van der Waals surface area contributed by atoms with E-state index in [0.29, 0.717) is 5.75 Å². The van der Waals surface area contributed by atoms with Gasteiger partial charge in [-0.3, -0.25) is 10.1 Å². The lowest BCUT2D eigenvalue weighted by molar-refractivity contribution is -0.385. The average Bonchev–Trinajstić information content (AvgIpc) is 2.65. The van der Waals surface area contributed by atoms with Gasteiger partial charge in [0.05, 0.1) is 24.7 Å². The summed E-state index contributed by atoms with van der Waals surface area (Å²) in [5, 5.41) is 11.0. The van der Waals surface area contributed by atoms with Gasteiger partial charge in [-0.2, -0.15) is 0 Å². The van der Waals surface area contributed by atoms with Gasteiger partial charge < -0.3 is 14.2 Å². The zero-order chi connectivity index (χ0) is 18.2. The van der Waals surface area contributed by atoms with Crippen LogP contribution in [0.15, 0.2) is 54.1 Å². The number of hydrogen-bond acceptors (Lipinski definition) is 6. The van der Waals surface area contributed by atoms with Gasteiger partial charge in [-0.25, -0.2) is 4.79 Å². The molecule has 0 bridgehead atoms. The molecule has 130 valence electrons. The number of carbonyl (C=O) groups excluding carboxylic acids is 1. The van der Waals surface area contributed by atoms with Gasteiger partial charge in [0.1, 0.15) is 12.4 Å². The molecule has 0 N–H and O–H groups in total. The summed E-state index contributed by atoms with van der Waals surface area (Å²) in [5.41, 5.74) is 0.800. The van der Waals surface area contributed by atoms with E-state index in [9.17, 15) is 14.9 Å². The summed E-state index contributed by atoms with van der Waals surface area (Å²) in [6, 6.07) is 13.0. The largest absolute Gasteiger partial charge is 0.497 e. The molecule has 7 heteroatoms. The van der Waals surface area contributed by atoms with Crippen LogP contribution in [-0.4, -0.2) is 31.7 Å². The summed E-state index contributed by atoms with van der Waals surface area (Å²) in [6.45, 7) is -0.163. The first kappa shape index (κ1) is 18.0. The van der Waals surface area contributed by atoms with Crippen LogP contribution in [0.5, 0.6) is 11.5 Å². The summed E-state index contributed by atoms with van der Waals surface area (Å²) < 4.78 is 15.3. The maximum Gasteiger partial charge on any atom is 0.337 e. The Morgan fingerprint density at radius 3 is 2.40 bits per heavy atom. The van der Waals surface area contributed by atoms with Gasteiger partial charge in [0.25, 0.3) is 0 Å². The quantitative estimate of drug-likeness (QED) is 0.332. The summed E-state index contributed by atoms with van der Waals surface area (Å²) in [4.78, 5) is 22.4. The summed E-state index contributed by atoms with van der Waals surface area (Å²) in [5.74, 6) is 0.194. The van der Waals surface area contributed by atoms with Crippen molar-refractivity contribution in [1.29, 1.82) is 0 Å². The lowest BCUT2D eigenvalue weighted by Gasteiger charge is -2.09. The van der Waals surface area contributed by atoms with Crippen molar-refractivity contribution < 1.29 is 23.9 Å². The van der Waals surface area contributed by atoms with Crippen LogP contribution in [-0.2, 0) is 9.53 Å². The minimum atomic E-state index is -0.575. The van der Waals surface area contributed by atoms with Gasteiger partial charge in [0.2, 0.25) is 0 Å². The molecular formula is C18H17NO6. The monoisotopic (exact) mass is 343 g/mol. The Labute approximate surface area is 144 Å². The molecule has 0 aliphatic rings. The standard InChI is InChI=1S/C18H17NO6/c1-23-15-9-7-13(8-10-15)11-14(18(20)24-2)12-25-17-6-4-3-5-16(17)19(21)22/h3-11H,12H2,1-2H3/b14-11+. The van der Waals surface area contributed by atoms with Gasteiger partial charge in [-0.1, -0.05) is 24.3 Å². The number of para-hydroxylation sites is 2. The highest BCUT2D eigenvalue weighted by atomic mass is 16.6. The number of nitro groups is 1. The van der Waals surface area contributed by atoms with Gasteiger partial charge in [-0.05, 0) is 29.8 Å². The van der Waals surface area contributed by atoms with Crippen LogP contribution in [0.1, 0.15) is 5.56 Å². The fourth-order valence-corrected chi connectivity index (χ4v) is 2.08. The van der Waals surface area contributed by atoms with E-state index < -0.39 is 10.9 Å². The van der Waals surface area contributed by atoms with E-state index in [4.69, 9.17) is 14.2 Å². The highest BCUT2D eigenvalue weighted by Crippen LogP contribution is 2.26.